The number of nitrogens with zero attached hydrogens (tertiary/aromatic N) is 2. The highest BCUT2D eigenvalue weighted by molar-refractivity contribution is 5.77. The van der Waals surface area contributed by atoms with Crippen molar-refractivity contribution in [1.29, 1.82) is 0 Å². The van der Waals surface area contributed by atoms with E-state index in [1.54, 1.807) is 0 Å². The van der Waals surface area contributed by atoms with Gasteiger partial charge in [0.05, 0.1) is 0 Å². The lowest BCUT2D eigenvalue weighted by atomic mass is 9.47. The van der Waals surface area contributed by atoms with Gasteiger partial charge < -0.3 is 9.80 Å². The molecule has 4 aliphatic carbocycles. The average Bonchev–Trinajstić information content (AvgIpc) is 3.42. The third-order valence-electron chi connectivity index (χ3n) is 9.96. The summed E-state index contributed by atoms with van der Waals surface area (Å²) in [6.45, 7) is 5.00. The van der Waals surface area contributed by atoms with Crippen molar-refractivity contribution in [2.45, 2.75) is 96.2 Å². The molecule has 0 N–H and O–H groups in total. The number of fused-ring (bicyclic) bond motifs is 5. The number of hydrogen-bond acceptors (Lipinski definition) is 2. The molecule has 1 saturated heterocycles. The molecule has 1 aliphatic heterocycles. The Balaban J connectivity index is 1.42. The number of carbonyl (C=O) groups is 2. The molecule has 7 atom stereocenters. The van der Waals surface area contributed by atoms with Crippen molar-refractivity contribution >= 4 is 12.3 Å². The Bertz CT molecular complexity index is 646. The van der Waals surface area contributed by atoms with Crippen molar-refractivity contribution in [3.8, 4) is 0 Å². The first-order valence-electron chi connectivity index (χ1n) is 11.4. The largest absolute Gasteiger partial charge is 0.342 e. The topological polar surface area (TPSA) is 40.6 Å². The van der Waals surface area contributed by atoms with E-state index in [1.165, 1.54) is 57.8 Å². The van der Waals surface area contributed by atoms with Gasteiger partial charge in [-0.2, -0.15) is 0 Å². The maximum Gasteiger partial charge on any atom is 0.222 e. The molecule has 0 unspecified atom stereocenters. The molecule has 1 heterocycles. The molecule has 27 heavy (non-hydrogen) atoms. The first-order chi connectivity index (χ1) is 12.9. The van der Waals surface area contributed by atoms with E-state index in [4.69, 9.17) is 0 Å². The van der Waals surface area contributed by atoms with Crippen molar-refractivity contribution in [3.63, 3.8) is 0 Å². The highest BCUT2D eigenvalue weighted by Crippen LogP contribution is 2.65. The first kappa shape index (κ1) is 18.0. The summed E-state index contributed by atoms with van der Waals surface area (Å²) >= 11 is 0. The van der Waals surface area contributed by atoms with Crippen LogP contribution in [0.2, 0.25) is 0 Å². The Morgan fingerprint density at radius 2 is 1.70 bits per heavy atom. The van der Waals surface area contributed by atoms with Crippen molar-refractivity contribution in [1.82, 2.24) is 9.80 Å². The van der Waals surface area contributed by atoms with Crippen LogP contribution in [0.25, 0.3) is 0 Å². The standard InChI is InChI=1S/C23H36N2O2/c1-22-13-11-21(27)24(3)19(22)8-6-16-17-7-9-20(25(14-26)15-4-5-15)23(17,2)12-10-18(16)22/h14-20H,4-13H2,1-3H3/t16-,17-,18-,19+,20-,22+,23-/m0/s1. The fraction of sp³-hybridized carbons (Fsp3) is 0.913. The Morgan fingerprint density at radius 3 is 2.41 bits per heavy atom. The first-order valence-corrected chi connectivity index (χ1v) is 11.4. The summed E-state index contributed by atoms with van der Waals surface area (Å²) in [4.78, 5) is 28.5. The maximum atomic E-state index is 12.3. The quantitative estimate of drug-likeness (QED) is 0.706. The van der Waals surface area contributed by atoms with Gasteiger partial charge >= 0.3 is 0 Å². The van der Waals surface area contributed by atoms with Crippen LogP contribution >= 0.6 is 0 Å². The minimum Gasteiger partial charge on any atom is -0.342 e. The lowest BCUT2D eigenvalue weighted by molar-refractivity contribution is -0.159. The van der Waals surface area contributed by atoms with Crippen molar-refractivity contribution in [3.05, 3.63) is 0 Å². The van der Waals surface area contributed by atoms with Gasteiger partial charge in [0.25, 0.3) is 0 Å². The van der Waals surface area contributed by atoms with Crippen molar-refractivity contribution in [2.75, 3.05) is 7.05 Å². The van der Waals surface area contributed by atoms with Crippen LogP contribution in [0.5, 0.6) is 0 Å². The van der Waals surface area contributed by atoms with Gasteiger partial charge in [-0.3, -0.25) is 9.59 Å². The summed E-state index contributed by atoms with van der Waals surface area (Å²) in [5, 5.41) is 0. The molecule has 150 valence electrons. The lowest BCUT2D eigenvalue weighted by Gasteiger charge is -2.62. The number of hydrogen-bond donors (Lipinski definition) is 0. The Morgan fingerprint density at radius 1 is 0.963 bits per heavy atom. The average molecular weight is 373 g/mol. The van der Waals surface area contributed by atoms with Gasteiger partial charge in [-0.1, -0.05) is 13.8 Å². The molecule has 0 radical (unpaired) electrons. The summed E-state index contributed by atoms with van der Waals surface area (Å²) < 4.78 is 0. The van der Waals surface area contributed by atoms with Crippen LogP contribution in [0.4, 0.5) is 0 Å². The third-order valence-corrected chi connectivity index (χ3v) is 9.96. The fourth-order valence-electron chi connectivity index (χ4n) is 8.40. The van der Waals surface area contributed by atoms with Crippen molar-refractivity contribution in [2.24, 2.45) is 28.6 Å². The molecule has 4 saturated carbocycles. The molecule has 5 aliphatic rings. The van der Waals surface area contributed by atoms with Crippen LogP contribution in [-0.4, -0.2) is 47.3 Å². The summed E-state index contributed by atoms with van der Waals surface area (Å²) in [6.07, 6.45) is 12.9. The highest BCUT2D eigenvalue weighted by Gasteiger charge is 2.62. The second-order valence-corrected chi connectivity index (χ2v) is 10.9. The van der Waals surface area contributed by atoms with Crippen molar-refractivity contribution < 1.29 is 9.59 Å². The van der Waals surface area contributed by atoms with E-state index >= 15 is 0 Å². The van der Waals surface area contributed by atoms with Crippen LogP contribution in [0, 0.1) is 28.6 Å². The van der Waals surface area contributed by atoms with Gasteiger partial charge in [0.2, 0.25) is 12.3 Å². The molecule has 0 aromatic carbocycles. The van der Waals surface area contributed by atoms with Crippen LogP contribution in [0.1, 0.15) is 78.1 Å². The predicted molar refractivity (Wildman–Crippen MR) is 105 cm³/mol. The van der Waals surface area contributed by atoms with E-state index in [0.717, 1.165) is 30.6 Å². The third kappa shape index (κ3) is 2.40. The second kappa shape index (κ2) is 5.97. The number of piperidine rings is 1. The molecule has 2 amide bonds. The van der Waals surface area contributed by atoms with E-state index in [0.29, 0.717) is 34.9 Å². The van der Waals surface area contributed by atoms with Crippen LogP contribution < -0.4 is 0 Å². The fourth-order valence-corrected chi connectivity index (χ4v) is 8.40. The van der Waals surface area contributed by atoms with Crippen LogP contribution in [0.3, 0.4) is 0 Å². The number of amides is 2. The smallest absolute Gasteiger partial charge is 0.222 e. The Hall–Kier alpha value is -1.06. The Labute approximate surface area is 164 Å². The Kier molecular flexibility index (Phi) is 3.98. The van der Waals surface area contributed by atoms with Gasteiger partial charge in [-0.15, -0.1) is 0 Å². The number of carbonyl (C=O) groups excluding carboxylic acids is 2. The molecular weight excluding hydrogens is 336 g/mol. The highest BCUT2D eigenvalue weighted by atomic mass is 16.2. The molecule has 0 aromatic heterocycles. The van der Waals surface area contributed by atoms with Gasteiger partial charge in [-0.05, 0) is 86.4 Å². The molecule has 0 spiro atoms. The number of likely N-dealkylation sites (tertiary alicyclic amines) is 1. The van der Waals surface area contributed by atoms with Gasteiger partial charge in [0.15, 0.2) is 0 Å². The molecule has 5 rings (SSSR count). The molecular formula is C23H36N2O2. The van der Waals surface area contributed by atoms with Crippen LogP contribution in [0.15, 0.2) is 0 Å². The minimum absolute atomic E-state index is 0.297. The zero-order valence-corrected chi connectivity index (χ0v) is 17.3. The maximum absolute atomic E-state index is 12.3. The zero-order valence-electron chi connectivity index (χ0n) is 17.3. The monoisotopic (exact) mass is 372 g/mol. The van der Waals surface area contributed by atoms with Gasteiger partial charge in [-0.25, -0.2) is 0 Å². The van der Waals surface area contributed by atoms with E-state index in [1.807, 2.05) is 7.05 Å². The van der Waals surface area contributed by atoms with E-state index in [9.17, 15) is 9.59 Å². The van der Waals surface area contributed by atoms with E-state index < -0.39 is 0 Å². The molecule has 4 nitrogen and oxygen atoms in total. The number of rotatable bonds is 3. The van der Waals surface area contributed by atoms with Crippen LogP contribution in [-0.2, 0) is 9.59 Å². The second-order valence-electron chi connectivity index (χ2n) is 10.9. The van der Waals surface area contributed by atoms with Gasteiger partial charge in [0, 0.05) is 31.6 Å². The summed E-state index contributed by atoms with van der Waals surface area (Å²) in [5.41, 5.74) is 0.607. The van der Waals surface area contributed by atoms with E-state index in [-0.39, 0.29) is 0 Å². The molecule has 0 aromatic rings. The zero-order chi connectivity index (χ0) is 19.0. The summed E-state index contributed by atoms with van der Waals surface area (Å²) in [7, 11) is 2.04. The SMILES string of the molecule is CN1C(=O)CC[C@]2(C)[C@H]3CC[C@]4(C)[C@@H](N(C=O)C5CC5)CC[C@H]4[C@@H]3CC[C@@H]12. The van der Waals surface area contributed by atoms with E-state index in [2.05, 4.69) is 23.6 Å². The summed E-state index contributed by atoms with van der Waals surface area (Å²) in [5.74, 6) is 2.67. The molecule has 0 bridgehead atoms. The normalized spacial score (nSPS) is 49.2. The molecule has 5 fully saturated rings. The van der Waals surface area contributed by atoms with Gasteiger partial charge in [0.1, 0.15) is 0 Å². The molecule has 4 heteroatoms. The predicted octanol–water partition coefficient (Wildman–Crippen LogP) is 3.84. The minimum atomic E-state index is 0.297. The summed E-state index contributed by atoms with van der Waals surface area (Å²) in [6, 6.07) is 1.45. The lowest BCUT2D eigenvalue weighted by Crippen LogP contribution is -2.62.